The van der Waals surface area contributed by atoms with Crippen molar-refractivity contribution in [3.05, 3.63) is 17.5 Å². The Morgan fingerprint density at radius 3 is 2.79 bits per heavy atom. The Bertz CT molecular complexity index is 336. The van der Waals surface area contributed by atoms with E-state index in [1.807, 2.05) is 14.0 Å². The van der Waals surface area contributed by atoms with Crippen LogP contribution in [0, 0.1) is 6.92 Å². The van der Waals surface area contributed by atoms with Gasteiger partial charge in [-0.25, -0.2) is 9.97 Å². The highest BCUT2D eigenvalue weighted by Crippen LogP contribution is 2.28. The van der Waals surface area contributed by atoms with Crippen LogP contribution in [-0.4, -0.2) is 28.2 Å². The summed E-state index contributed by atoms with van der Waals surface area (Å²) in [6.45, 7) is 1.91. The van der Waals surface area contributed by atoms with Crippen LogP contribution in [0.1, 0.15) is 24.1 Å². The molecule has 4 nitrogen and oxygen atoms in total. The zero-order valence-corrected chi connectivity index (χ0v) is 8.56. The minimum absolute atomic E-state index is 0.0132. The second-order valence-corrected chi connectivity index (χ2v) is 3.78. The largest absolute Gasteiger partial charge is 0.392 e. The number of anilines is 1. The van der Waals surface area contributed by atoms with Crippen molar-refractivity contribution in [1.29, 1.82) is 0 Å². The fraction of sp³-hybridized carbons (Fsp3) is 0.600. The predicted molar refractivity (Wildman–Crippen MR) is 54.1 cm³/mol. The van der Waals surface area contributed by atoms with Crippen molar-refractivity contribution in [2.45, 2.75) is 32.4 Å². The van der Waals surface area contributed by atoms with Crippen LogP contribution in [0.5, 0.6) is 0 Å². The van der Waals surface area contributed by atoms with Gasteiger partial charge in [-0.1, -0.05) is 0 Å². The molecule has 0 saturated heterocycles. The van der Waals surface area contributed by atoms with E-state index in [0.717, 1.165) is 17.2 Å². The Hall–Kier alpha value is -1.16. The molecule has 1 aromatic rings. The molecule has 0 aromatic carbocycles. The molecule has 0 unspecified atom stereocenters. The van der Waals surface area contributed by atoms with Gasteiger partial charge >= 0.3 is 0 Å². The van der Waals surface area contributed by atoms with Crippen LogP contribution in [0.3, 0.4) is 0 Å². The molecule has 0 amide bonds. The summed E-state index contributed by atoms with van der Waals surface area (Å²) in [6, 6.07) is 0.620. The van der Waals surface area contributed by atoms with Gasteiger partial charge in [-0.2, -0.15) is 0 Å². The molecule has 0 aliphatic heterocycles. The summed E-state index contributed by atoms with van der Waals surface area (Å²) >= 11 is 0. The van der Waals surface area contributed by atoms with E-state index in [0.29, 0.717) is 6.04 Å². The first-order valence-corrected chi connectivity index (χ1v) is 4.88. The summed E-state index contributed by atoms with van der Waals surface area (Å²) in [7, 11) is 2.02. The van der Waals surface area contributed by atoms with Gasteiger partial charge in [-0.3, -0.25) is 0 Å². The minimum atomic E-state index is 0.0132. The summed E-state index contributed by atoms with van der Waals surface area (Å²) < 4.78 is 0. The van der Waals surface area contributed by atoms with Crippen molar-refractivity contribution < 1.29 is 5.11 Å². The smallest absolute Gasteiger partial charge is 0.225 e. The third-order valence-corrected chi connectivity index (χ3v) is 2.65. The monoisotopic (exact) mass is 193 g/mol. The molecule has 2 rings (SSSR count). The highest BCUT2D eigenvalue weighted by molar-refractivity contribution is 5.34. The molecule has 1 aliphatic rings. The second-order valence-electron chi connectivity index (χ2n) is 3.78. The molecular weight excluding hydrogens is 178 g/mol. The Morgan fingerprint density at radius 2 is 2.29 bits per heavy atom. The van der Waals surface area contributed by atoms with Crippen LogP contribution < -0.4 is 4.90 Å². The molecule has 0 bridgehead atoms. The maximum absolute atomic E-state index is 8.98. The average Bonchev–Trinajstić information content (AvgIpc) is 3.00. The zero-order chi connectivity index (χ0) is 10.1. The molecule has 1 N–H and O–H groups in total. The van der Waals surface area contributed by atoms with Crippen molar-refractivity contribution in [3.8, 4) is 0 Å². The molecule has 0 radical (unpaired) electrons. The lowest BCUT2D eigenvalue weighted by molar-refractivity contribution is 0.280. The van der Waals surface area contributed by atoms with Gasteiger partial charge in [-0.15, -0.1) is 0 Å². The summed E-state index contributed by atoms with van der Waals surface area (Å²) in [6.07, 6.45) is 4.18. The summed E-state index contributed by atoms with van der Waals surface area (Å²) in [5.41, 5.74) is 1.67. The predicted octanol–water partition coefficient (Wildman–Crippen LogP) is 0.876. The lowest BCUT2D eigenvalue weighted by Crippen LogP contribution is -2.22. The Morgan fingerprint density at radius 1 is 1.57 bits per heavy atom. The standard InChI is InChI=1S/C10H15N3O/c1-7-8(6-14)5-11-10(12-7)13(2)9-3-4-9/h5,9,14H,3-4,6H2,1-2H3. The van der Waals surface area contributed by atoms with Crippen LogP contribution >= 0.6 is 0 Å². The van der Waals surface area contributed by atoms with E-state index in [4.69, 9.17) is 5.11 Å². The number of aryl methyl sites for hydroxylation is 1. The molecule has 76 valence electrons. The summed E-state index contributed by atoms with van der Waals surface area (Å²) in [5, 5.41) is 8.98. The third-order valence-electron chi connectivity index (χ3n) is 2.65. The molecule has 0 atom stereocenters. The molecule has 1 aliphatic carbocycles. The Labute approximate surface area is 83.6 Å². The van der Waals surface area contributed by atoms with Gasteiger partial charge in [0.25, 0.3) is 0 Å². The van der Waals surface area contributed by atoms with Gasteiger partial charge in [0.2, 0.25) is 5.95 Å². The lowest BCUT2D eigenvalue weighted by Gasteiger charge is -2.16. The maximum atomic E-state index is 8.98. The number of nitrogens with zero attached hydrogens (tertiary/aromatic N) is 3. The molecule has 1 heterocycles. The second kappa shape index (κ2) is 3.53. The molecule has 14 heavy (non-hydrogen) atoms. The maximum Gasteiger partial charge on any atom is 0.225 e. The van der Waals surface area contributed by atoms with Crippen molar-refractivity contribution >= 4 is 5.95 Å². The Balaban J connectivity index is 2.22. The number of aliphatic hydroxyl groups is 1. The zero-order valence-electron chi connectivity index (χ0n) is 8.56. The summed E-state index contributed by atoms with van der Waals surface area (Å²) in [4.78, 5) is 10.7. The first kappa shape index (κ1) is 9.40. The molecule has 4 heteroatoms. The van der Waals surface area contributed by atoms with Gasteiger partial charge < -0.3 is 10.0 Å². The fourth-order valence-electron chi connectivity index (χ4n) is 1.43. The van der Waals surface area contributed by atoms with Gasteiger partial charge in [-0.05, 0) is 19.8 Å². The van der Waals surface area contributed by atoms with E-state index in [-0.39, 0.29) is 6.61 Å². The quantitative estimate of drug-likeness (QED) is 0.774. The van der Waals surface area contributed by atoms with E-state index in [1.54, 1.807) is 6.20 Å². The van der Waals surface area contributed by atoms with Crippen LogP contribution in [0.2, 0.25) is 0 Å². The van der Waals surface area contributed by atoms with Crippen LogP contribution in [0.25, 0.3) is 0 Å². The number of rotatable bonds is 3. The first-order valence-electron chi connectivity index (χ1n) is 4.88. The highest BCUT2D eigenvalue weighted by Gasteiger charge is 2.27. The molecular formula is C10H15N3O. The number of hydrogen-bond acceptors (Lipinski definition) is 4. The molecule has 1 aromatic heterocycles. The van der Waals surface area contributed by atoms with E-state index in [1.165, 1.54) is 12.8 Å². The first-order chi connectivity index (χ1) is 6.72. The van der Waals surface area contributed by atoms with Gasteiger partial charge in [0, 0.05) is 30.5 Å². The van der Waals surface area contributed by atoms with E-state index < -0.39 is 0 Å². The normalized spacial score (nSPS) is 15.6. The SMILES string of the molecule is Cc1nc(N(C)C2CC2)ncc1CO. The molecule has 1 saturated carbocycles. The topological polar surface area (TPSA) is 49.2 Å². The van der Waals surface area contributed by atoms with E-state index >= 15 is 0 Å². The van der Waals surface area contributed by atoms with Gasteiger partial charge in [0.1, 0.15) is 0 Å². The van der Waals surface area contributed by atoms with Crippen molar-refractivity contribution in [2.75, 3.05) is 11.9 Å². The lowest BCUT2D eigenvalue weighted by atomic mass is 10.2. The average molecular weight is 193 g/mol. The number of aromatic nitrogens is 2. The number of hydrogen-bond donors (Lipinski definition) is 1. The minimum Gasteiger partial charge on any atom is -0.392 e. The summed E-state index contributed by atoms with van der Waals surface area (Å²) in [5.74, 6) is 0.766. The van der Waals surface area contributed by atoms with Crippen LogP contribution in [-0.2, 0) is 6.61 Å². The van der Waals surface area contributed by atoms with Crippen molar-refractivity contribution in [1.82, 2.24) is 9.97 Å². The van der Waals surface area contributed by atoms with Crippen molar-refractivity contribution in [2.24, 2.45) is 0 Å². The van der Waals surface area contributed by atoms with E-state index in [2.05, 4.69) is 14.9 Å². The van der Waals surface area contributed by atoms with Gasteiger partial charge in [0.05, 0.1) is 6.61 Å². The van der Waals surface area contributed by atoms with E-state index in [9.17, 15) is 0 Å². The fourth-order valence-corrected chi connectivity index (χ4v) is 1.43. The third kappa shape index (κ3) is 1.70. The van der Waals surface area contributed by atoms with Crippen molar-refractivity contribution in [3.63, 3.8) is 0 Å². The number of aliphatic hydroxyl groups excluding tert-OH is 1. The highest BCUT2D eigenvalue weighted by atomic mass is 16.3. The van der Waals surface area contributed by atoms with Gasteiger partial charge in [0.15, 0.2) is 0 Å². The Kier molecular flexibility index (Phi) is 2.37. The van der Waals surface area contributed by atoms with Crippen LogP contribution in [0.4, 0.5) is 5.95 Å². The molecule has 0 spiro atoms. The van der Waals surface area contributed by atoms with Crippen LogP contribution in [0.15, 0.2) is 6.20 Å². The molecule has 1 fully saturated rings.